The number of rotatable bonds is 3. The lowest BCUT2D eigenvalue weighted by Crippen LogP contribution is -2.04. The summed E-state index contributed by atoms with van der Waals surface area (Å²) in [5.74, 6) is 1.36. The smallest absolute Gasteiger partial charge is 0.166 e. The SMILES string of the molecule is CNc1ccc(Cc2cnc(N)c(N)n2)cn1. The van der Waals surface area contributed by atoms with Crippen LogP contribution >= 0.6 is 0 Å². The topological polar surface area (TPSA) is 103 Å². The van der Waals surface area contributed by atoms with Crippen molar-refractivity contribution in [1.82, 2.24) is 15.0 Å². The molecule has 88 valence electrons. The van der Waals surface area contributed by atoms with Gasteiger partial charge in [0.15, 0.2) is 11.6 Å². The number of hydrogen-bond acceptors (Lipinski definition) is 6. The maximum atomic E-state index is 5.60. The molecule has 2 aromatic heterocycles. The third-order valence-electron chi connectivity index (χ3n) is 2.35. The van der Waals surface area contributed by atoms with Crippen LogP contribution in [0, 0.1) is 0 Å². The molecule has 2 heterocycles. The lowest BCUT2D eigenvalue weighted by atomic mass is 10.1. The minimum atomic E-state index is 0.261. The van der Waals surface area contributed by atoms with Crippen molar-refractivity contribution in [2.45, 2.75) is 6.42 Å². The average Bonchev–Trinajstić information content (AvgIpc) is 2.35. The highest BCUT2D eigenvalue weighted by atomic mass is 15.0. The molecule has 0 aliphatic carbocycles. The van der Waals surface area contributed by atoms with E-state index in [0.717, 1.165) is 17.1 Å². The van der Waals surface area contributed by atoms with Crippen molar-refractivity contribution in [3.05, 3.63) is 35.8 Å². The van der Waals surface area contributed by atoms with E-state index in [1.54, 1.807) is 12.4 Å². The Hall–Kier alpha value is -2.37. The van der Waals surface area contributed by atoms with Crippen molar-refractivity contribution < 1.29 is 0 Å². The molecule has 0 aliphatic rings. The number of pyridine rings is 1. The molecule has 0 saturated carbocycles. The van der Waals surface area contributed by atoms with Gasteiger partial charge in [-0.1, -0.05) is 6.07 Å². The highest BCUT2D eigenvalue weighted by molar-refractivity contribution is 5.51. The van der Waals surface area contributed by atoms with Gasteiger partial charge in [0, 0.05) is 19.7 Å². The quantitative estimate of drug-likeness (QED) is 0.716. The number of nitrogens with two attached hydrogens (primary N) is 2. The van der Waals surface area contributed by atoms with E-state index < -0.39 is 0 Å². The number of nitrogens with zero attached hydrogens (tertiary/aromatic N) is 3. The molecule has 0 unspecified atom stereocenters. The Balaban J connectivity index is 2.16. The first-order valence-electron chi connectivity index (χ1n) is 5.18. The summed E-state index contributed by atoms with van der Waals surface area (Å²) in [7, 11) is 1.83. The van der Waals surface area contributed by atoms with Crippen LogP contribution in [0.2, 0.25) is 0 Å². The lowest BCUT2D eigenvalue weighted by Gasteiger charge is -2.04. The van der Waals surface area contributed by atoms with Crippen LogP contribution in [-0.4, -0.2) is 22.0 Å². The largest absolute Gasteiger partial charge is 0.381 e. The fourth-order valence-electron chi connectivity index (χ4n) is 1.42. The molecular weight excluding hydrogens is 216 g/mol. The maximum Gasteiger partial charge on any atom is 0.166 e. The Bertz CT molecular complexity index is 508. The normalized spacial score (nSPS) is 10.2. The molecule has 17 heavy (non-hydrogen) atoms. The van der Waals surface area contributed by atoms with Crippen molar-refractivity contribution in [3.63, 3.8) is 0 Å². The summed E-state index contributed by atoms with van der Waals surface area (Å²) >= 11 is 0. The number of aromatic nitrogens is 3. The van der Waals surface area contributed by atoms with E-state index in [9.17, 15) is 0 Å². The fraction of sp³-hybridized carbons (Fsp3) is 0.182. The molecule has 0 amide bonds. The number of nitrogen functional groups attached to an aromatic ring is 2. The Labute approximate surface area is 99.1 Å². The Morgan fingerprint density at radius 1 is 1.12 bits per heavy atom. The summed E-state index contributed by atoms with van der Waals surface area (Å²) in [6.45, 7) is 0. The van der Waals surface area contributed by atoms with Gasteiger partial charge in [0.25, 0.3) is 0 Å². The van der Waals surface area contributed by atoms with E-state index >= 15 is 0 Å². The van der Waals surface area contributed by atoms with E-state index in [0.29, 0.717) is 6.42 Å². The molecule has 2 rings (SSSR count). The molecule has 0 atom stereocenters. The molecular formula is C11H14N6. The van der Waals surface area contributed by atoms with Crippen LogP contribution in [0.3, 0.4) is 0 Å². The minimum absolute atomic E-state index is 0.261. The first-order valence-corrected chi connectivity index (χ1v) is 5.18. The zero-order valence-corrected chi connectivity index (χ0v) is 9.51. The van der Waals surface area contributed by atoms with E-state index in [1.807, 2.05) is 19.2 Å². The second-order valence-electron chi connectivity index (χ2n) is 3.61. The molecule has 0 spiro atoms. The Kier molecular flexibility index (Phi) is 3.04. The van der Waals surface area contributed by atoms with E-state index in [2.05, 4.69) is 20.3 Å². The highest BCUT2D eigenvalue weighted by Gasteiger charge is 2.02. The van der Waals surface area contributed by atoms with Crippen molar-refractivity contribution in [3.8, 4) is 0 Å². The average molecular weight is 230 g/mol. The van der Waals surface area contributed by atoms with Gasteiger partial charge in [-0.05, 0) is 11.6 Å². The van der Waals surface area contributed by atoms with Gasteiger partial charge in [0.05, 0.1) is 11.9 Å². The van der Waals surface area contributed by atoms with Crippen molar-refractivity contribution in [2.75, 3.05) is 23.8 Å². The summed E-state index contributed by atoms with van der Waals surface area (Å²) in [6.07, 6.45) is 4.05. The summed E-state index contributed by atoms with van der Waals surface area (Å²) < 4.78 is 0. The van der Waals surface area contributed by atoms with Gasteiger partial charge in [-0.3, -0.25) is 0 Å². The van der Waals surface area contributed by atoms with Crippen LogP contribution in [0.5, 0.6) is 0 Å². The lowest BCUT2D eigenvalue weighted by molar-refractivity contribution is 1.03. The first-order chi connectivity index (χ1) is 8.19. The monoisotopic (exact) mass is 230 g/mol. The molecule has 0 radical (unpaired) electrons. The third kappa shape index (κ3) is 2.60. The van der Waals surface area contributed by atoms with Gasteiger partial charge in [-0.2, -0.15) is 0 Å². The van der Waals surface area contributed by atoms with Gasteiger partial charge >= 0.3 is 0 Å². The molecule has 0 bridgehead atoms. The fourth-order valence-corrected chi connectivity index (χ4v) is 1.42. The predicted octanol–water partition coefficient (Wildman–Crippen LogP) is 0.668. The molecule has 0 fully saturated rings. The number of anilines is 3. The van der Waals surface area contributed by atoms with Gasteiger partial charge in [0.1, 0.15) is 5.82 Å². The summed E-state index contributed by atoms with van der Waals surface area (Å²) in [5.41, 5.74) is 12.9. The second-order valence-corrected chi connectivity index (χ2v) is 3.61. The highest BCUT2D eigenvalue weighted by Crippen LogP contribution is 2.12. The van der Waals surface area contributed by atoms with Gasteiger partial charge in [-0.25, -0.2) is 15.0 Å². The zero-order valence-electron chi connectivity index (χ0n) is 9.51. The summed E-state index contributed by atoms with van der Waals surface area (Å²) in [6, 6.07) is 3.89. The Morgan fingerprint density at radius 3 is 2.53 bits per heavy atom. The molecule has 5 N–H and O–H groups in total. The maximum absolute atomic E-state index is 5.60. The van der Waals surface area contributed by atoms with Gasteiger partial charge in [0.2, 0.25) is 0 Å². The summed E-state index contributed by atoms with van der Waals surface area (Å²) in [4.78, 5) is 12.3. The first kappa shape index (κ1) is 11.1. The minimum Gasteiger partial charge on any atom is -0.381 e. The predicted molar refractivity (Wildman–Crippen MR) is 67.4 cm³/mol. The zero-order chi connectivity index (χ0) is 12.3. The standard InChI is InChI=1S/C11H14N6/c1-14-9-3-2-7(5-15-9)4-8-6-16-10(12)11(13)17-8/h2-3,5-6H,4H2,1H3,(H2,12,16)(H2,13,17)(H,14,15). The number of hydrogen-bond donors (Lipinski definition) is 3. The van der Waals surface area contributed by atoms with Crippen LogP contribution < -0.4 is 16.8 Å². The van der Waals surface area contributed by atoms with Crippen LogP contribution in [0.4, 0.5) is 17.5 Å². The molecule has 2 aromatic rings. The molecule has 0 aromatic carbocycles. The van der Waals surface area contributed by atoms with Crippen LogP contribution in [0.1, 0.15) is 11.3 Å². The molecule has 0 aliphatic heterocycles. The molecule has 6 heteroatoms. The third-order valence-corrected chi connectivity index (χ3v) is 2.35. The summed E-state index contributed by atoms with van der Waals surface area (Å²) in [5, 5.41) is 2.96. The van der Waals surface area contributed by atoms with Gasteiger partial charge in [-0.15, -0.1) is 0 Å². The van der Waals surface area contributed by atoms with Crippen LogP contribution in [0.15, 0.2) is 24.5 Å². The molecule has 0 saturated heterocycles. The van der Waals surface area contributed by atoms with Gasteiger partial charge < -0.3 is 16.8 Å². The number of nitrogens with one attached hydrogen (secondary N) is 1. The van der Waals surface area contributed by atoms with Crippen LogP contribution in [-0.2, 0) is 6.42 Å². The van der Waals surface area contributed by atoms with Crippen molar-refractivity contribution >= 4 is 17.5 Å². The second kappa shape index (κ2) is 4.65. The molecule has 6 nitrogen and oxygen atoms in total. The Morgan fingerprint density at radius 2 is 1.94 bits per heavy atom. The van der Waals surface area contributed by atoms with E-state index in [-0.39, 0.29) is 11.6 Å². The van der Waals surface area contributed by atoms with Crippen molar-refractivity contribution in [2.24, 2.45) is 0 Å². The van der Waals surface area contributed by atoms with E-state index in [4.69, 9.17) is 11.5 Å². The van der Waals surface area contributed by atoms with Crippen molar-refractivity contribution in [1.29, 1.82) is 0 Å². The van der Waals surface area contributed by atoms with E-state index in [1.165, 1.54) is 0 Å². The van der Waals surface area contributed by atoms with Crippen LogP contribution in [0.25, 0.3) is 0 Å².